The molecule has 6 heteroatoms. The van der Waals surface area contributed by atoms with Gasteiger partial charge >= 0.3 is 0 Å². The third-order valence-electron chi connectivity index (χ3n) is 5.37. The Bertz CT molecular complexity index is 893. The van der Waals surface area contributed by atoms with E-state index in [1.165, 1.54) is 0 Å². The largest absolute Gasteiger partial charge is 0.493 e. The highest BCUT2D eigenvalue weighted by atomic mass is 16.5. The lowest BCUT2D eigenvalue weighted by Crippen LogP contribution is -2.50. The predicted octanol–water partition coefficient (Wildman–Crippen LogP) is 4.28. The minimum atomic E-state index is -0.517. The maximum absolute atomic E-state index is 13.3. The van der Waals surface area contributed by atoms with E-state index in [1.54, 1.807) is 19.1 Å². The van der Waals surface area contributed by atoms with Crippen molar-refractivity contribution in [3.63, 3.8) is 0 Å². The number of methoxy groups -OCH3 is 2. The van der Waals surface area contributed by atoms with Gasteiger partial charge in [-0.3, -0.25) is 9.59 Å². The molecule has 0 aliphatic rings. The van der Waals surface area contributed by atoms with Crippen LogP contribution in [0.5, 0.6) is 11.5 Å². The van der Waals surface area contributed by atoms with Gasteiger partial charge in [0.15, 0.2) is 11.5 Å². The fraction of sp³-hybridized carbons (Fsp3) is 0.462. The molecule has 174 valence electrons. The highest BCUT2D eigenvalue weighted by molar-refractivity contribution is 5.87. The van der Waals surface area contributed by atoms with Gasteiger partial charge in [0, 0.05) is 19.0 Å². The van der Waals surface area contributed by atoms with Crippen LogP contribution in [0.4, 0.5) is 0 Å². The first-order chi connectivity index (χ1) is 15.3. The van der Waals surface area contributed by atoms with E-state index in [2.05, 4.69) is 5.32 Å². The number of amides is 2. The van der Waals surface area contributed by atoms with Crippen LogP contribution in [0.15, 0.2) is 42.5 Å². The van der Waals surface area contributed by atoms with Crippen LogP contribution in [0.1, 0.15) is 50.3 Å². The molecule has 2 aromatic carbocycles. The summed E-state index contributed by atoms with van der Waals surface area (Å²) in [7, 11) is 3.19. The monoisotopic (exact) mass is 440 g/mol. The number of carbonyl (C=O) groups is 2. The van der Waals surface area contributed by atoms with Crippen molar-refractivity contribution in [3.8, 4) is 11.5 Å². The van der Waals surface area contributed by atoms with E-state index in [1.807, 2.05) is 70.2 Å². The molecule has 2 amide bonds. The van der Waals surface area contributed by atoms with Crippen molar-refractivity contribution in [2.75, 3.05) is 14.2 Å². The molecule has 1 atom stereocenters. The van der Waals surface area contributed by atoms with Gasteiger partial charge in [0.2, 0.25) is 11.8 Å². The average molecular weight is 441 g/mol. The Morgan fingerprint density at radius 3 is 2.16 bits per heavy atom. The normalized spacial score (nSPS) is 11.7. The lowest BCUT2D eigenvalue weighted by molar-refractivity contribution is -0.141. The maximum Gasteiger partial charge on any atom is 0.243 e. The first-order valence-corrected chi connectivity index (χ1v) is 11.1. The number of hydrogen-bond acceptors (Lipinski definition) is 4. The molecule has 0 unspecified atom stereocenters. The fourth-order valence-corrected chi connectivity index (χ4v) is 3.62. The number of hydrogen-bond donors (Lipinski definition) is 1. The molecule has 0 fully saturated rings. The standard InChI is InChI=1S/C26H36N2O4/c1-7-22(26(30)27-18(2)3)28(17-21-10-8-19(4)9-11-21)25(29)15-13-20-12-14-23(31-5)24(16-20)32-6/h8-12,14,16,18,22H,7,13,15,17H2,1-6H3,(H,27,30)/t22-/m0/s1. The summed E-state index contributed by atoms with van der Waals surface area (Å²) in [5.41, 5.74) is 3.14. The molecule has 0 aliphatic carbocycles. The number of ether oxygens (including phenoxy) is 2. The molecular weight excluding hydrogens is 404 g/mol. The molecule has 0 saturated carbocycles. The topological polar surface area (TPSA) is 67.9 Å². The molecule has 2 aromatic rings. The Balaban J connectivity index is 2.22. The van der Waals surface area contributed by atoms with Crippen molar-refractivity contribution in [2.45, 2.75) is 65.6 Å². The summed E-state index contributed by atoms with van der Waals surface area (Å²) in [4.78, 5) is 27.9. The Morgan fingerprint density at radius 2 is 1.59 bits per heavy atom. The minimum absolute atomic E-state index is 0.0136. The highest BCUT2D eigenvalue weighted by Crippen LogP contribution is 2.28. The summed E-state index contributed by atoms with van der Waals surface area (Å²) < 4.78 is 10.7. The van der Waals surface area contributed by atoms with Gasteiger partial charge in [-0.05, 0) is 56.9 Å². The highest BCUT2D eigenvalue weighted by Gasteiger charge is 2.28. The van der Waals surface area contributed by atoms with Gasteiger partial charge in [-0.15, -0.1) is 0 Å². The second-order valence-electron chi connectivity index (χ2n) is 8.28. The summed E-state index contributed by atoms with van der Waals surface area (Å²) in [6.07, 6.45) is 1.39. The summed E-state index contributed by atoms with van der Waals surface area (Å²) in [5.74, 6) is 1.12. The van der Waals surface area contributed by atoms with Crippen LogP contribution in [0.25, 0.3) is 0 Å². The molecule has 0 bridgehead atoms. The summed E-state index contributed by atoms with van der Waals surface area (Å²) in [5, 5.41) is 2.96. The van der Waals surface area contributed by atoms with Crippen LogP contribution in [-0.2, 0) is 22.6 Å². The molecule has 2 rings (SSSR count). The number of nitrogens with one attached hydrogen (secondary N) is 1. The van der Waals surface area contributed by atoms with Gasteiger partial charge in [-0.25, -0.2) is 0 Å². The maximum atomic E-state index is 13.3. The molecule has 0 radical (unpaired) electrons. The Morgan fingerprint density at radius 1 is 0.969 bits per heavy atom. The Labute approximate surface area is 191 Å². The van der Waals surface area contributed by atoms with Crippen LogP contribution in [0.2, 0.25) is 0 Å². The van der Waals surface area contributed by atoms with Crippen LogP contribution in [0.3, 0.4) is 0 Å². The fourth-order valence-electron chi connectivity index (χ4n) is 3.62. The Hall–Kier alpha value is -3.02. The SMILES string of the molecule is CC[C@@H](C(=O)NC(C)C)N(Cc1ccc(C)cc1)C(=O)CCc1ccc(OC)c(OC)c1. The van der Waals surface area contributed by atoms with E-state index >= 15 is 0 Å². The van der Waals surface area contributed by atoms with Gasteiger partial charge in [0.25, 0.3) is 0 Å². The van der Waals surface area contributed by atoms with Crippen molar-refractivity contribution in [3.05, 3.63) is 59.2 Å². The van der Waals surface area contributed by atoms with Crippen LogP contribution in [0, 0.1) is 6.92 Å². The first kappa shape index (κ1) is 25.2. The van der Waals surface area contributed by atoms with Crippen molar-refractivity contribution < 1.29 is 19.1 Å². The molecule has 0 heterocycles. The molecular formula is C26H36N2O4. The van der Waals surface area contributed by atoms with E-state index in [0.717, 1.165) is 16.7 Å². The van der Waals surface area contributed by atoms with E-state index in [0.29, 0.717) is 37.3 Å². The number of carbonyl (C=O) groups excluding carboxylic acids is 2. The van der Waals surface area contributed by atoms with Crippen molar-refractivity contribution >= 4 is 11.8 Å². The van der Waals surface area contributed by atoms with E-state index < -0.39 is 6.04 Å². The minimum Gasteiger partial charge on any atom is -0.493 e. The van der Waals surface area contributed by atoms with Crippen LogP contribution in [-0.4, -0.2) is 43.0 Å². The molecule has 6 nitrogen and oxygen atoms in total. The molecule has 32 heavy (non-hydrogen) atoms. The lowest BCUT2D eigenvalue weighted by atomic mass is 10.0. The summed E-state index contributed by atoms with van der Waals surface area (Å²) in [6, 6.07) is 13.2. The lowest BCUT2D eigenvalue weighted by Gasteiger charge is -2.31. The zero-order valence-corrected chi connectivity index (χ0v) is 20.1. The number of rotatable bonds is 11. The molecule has 0 saturated heterocycles. The van der Waals surface area contributed by atoms with Gasteiger partial charge in [0.1, 0.15) is 6.04 Å². The zero-order chi connectivity index (χ0) is 23.7. The molecule has 0 aromatic heterocycles. The van der Waals surface area contributed by atoms with Crippen molar-refractivity contribution in [1.29, 1.82) is 0 Å². The second kappa shape index (κ2) is 12.1. The third-order valence-corrected chi connectivity index (χ3v) is 5.37. The Kier molecular flexibility index (Phi) is 9.57. The van der Waals surface area contributed by atoms with E-state index in [9.17, 15) is 9.59 Å². The number of aryl methyl sites for hydroxylation is 2. The first-order valence-electron chi connectivity index (χ1n) is 11.1. The zero-order valence-electron chi connectivity index (χ0n) is 20.1. The van der Waals surface area contributed by atoms with Crippen LogP contribution >= 0.6 is 0 Å². The summed E-state index contributed by atoms with van der Waals surface area (Å²) in [6.45, 7) is 8.21. The smallest absolute Gasteiger partial charge is 0.243 e. The van der Waals surface area contributed by atoms with Gasteiger partial charge in [-0.2, -0.15) is 0 Å². The quantitative estimate of drug-likeness (QED) is 0.566. The van der Waals surface area contributed by atoms with Crippen molar-refractivity contribution in [2.24, 2.45) is 0 Å². The average Bonchev–Trinajstić information content (AvgIpc) is 2.77. The van der Waals surface area contributed by atoms with E-state index in [-0.39, 0.29) is 17.9 Å². The predicted molar refractivity (Wildman–Crippen MR) is 127 cm³/mol. The summed E-state index contributed by atoms with van der Waals surface area (Å²) >= 11 is 0. The van der Waals surface area contributed by atoms with Crippen molar-refractivity contribution in [1.82, 2.24) is 10.2 Å². The van der Waals surface area contributed by atoms with Crippen LogP contribution < -0.4 is 14.8 Å². The van der Waals surface area contributed by atoms with E-state index in [4.69, 9.17) is 9.47 Å². The third kappa shape index (κ3) is 7.01. The molecule has 0 aliphatic heterocycles. The second-order valence-corrected chi connectivity index (χ2v) is 8.28. The van der Waals surface area contributed by atoms with Gasteiger partial charge in [0.05, 0.1) is 14.2 Å². The van der Waals surface area contributed by atoms with Gasteiger partial charge < -0.3 is 19.7 Å². The number of nitrogens with zero attached hydrogens (tertiary/aromatic N) is 1. The molecule has 0 spiro atoms. The van der Waals surface area contributed by atoms with Gasteiger partial charge in [-0.1, -0.05) is 42.8 Å². The molecule has 1 N–H and O–H groups in total. The number of benzene rings is 2.